The third kappa shape index (κ3) is 2.84. The van der Waals surface area contributed by atoms with Gasteiger partial charge in [-0.3, -0.25) is 10.1 Å². The van der Waals surface area contributed by atoms with Gasteiger partial charge in [0.15, 0.2) is 0 Å². The van der Waals surface area contributed by atoms with Crippen LogP contribution in [0.1, 0.15) is 51.8 Å². The Hall–Kier alpha value is -1.35. The van der Waals surface area contributed by atoms with Gasteiger partial charge in [-0.15, -0.1) is 0 Å². The molecular weight excluding hydrogens is 260 g/mol. The molecule has 1 saturated carbocycles. The van der Waals surface area contributed by atoms with Gasteiger partial charge in [-0.2, -0.15) is 0 Å². The van der Waals surface area contributed by atoms with E-state index >= 15 is 0 Å². The molecule has 2 fully saturated rings. The Morgan fingerprint density at radius 1 is 1.00 bits per heavy atom. The molecule has 1 heterocycles. The van der Waals surface area contributed by atoms with Crippen LogP contribution >= 0.6 is 0 Å². The zero-order valence-electron chi connectivity index (χ0n) is 13.3. The fourth-order valence-corrected chi connectivity index (χ4v) is 4.15. The molecule has 3 nitrogen and oxygen atoms in total. The molecule has 1 aliphatic carbocycles. The maximum Gasteiger partial charge on any atom is 0.241 e. The normalized spacial score (nSPS) is 37.0. The number of benzene rings is 1. The first-order valence-electron chi connectivity index (χ1n) is 8.19. The van der Waals surface area contributed by atoms with Crippen LogP contribution in [0.4, 0.5) is 0 Å². The van der Waals surface area contributed by atoms with E-state index in [1.54, 1.807) is 0 Å². The van der Waals surface area contributed by atoms with Crippen LogP contribution in [-0.4, -0.2) is 22.9 Å². The number of carbonyl (C=O) groups excluding carboxylic acids is 1. The van der Waals surface area contributed by atoms with Crippen LogP contribution in [0.5, 0.6) is 0 Å². The lowest BCUT2D eigenvalue weighted by Gasteiger charge is -2.40. The summed E-state index contributed by atoms with van der Waals surface area (Å²) in [6.45, 7) is 6.61. The topological polar surface area (TPSA) is 32.3 Å². The molecule has 21 heavy (non-hydrogen) atoms. The average molecular weight is 286 g/mol. The van der Waals surface area contributed by atoms with Crippen LogP contribution in [-0.2, 0) is 4.79 Å². The zero-order chi connectivity index (χ0) is 15.0. The molecule has 0 bridgehead atoms. The fourth-order valence-electron chi connectivity index (χ4n) is 4.15. The van der Waals surface area contributed by atoms with Crippen LogP contribution in [0.2, 0.25) is 0 Å². The first-order chi connectivity index (χ1) is 10.1. The van der Waals surface area contributed by atoms with E-state index < -0.39 is 0 Å². The first-order valence-corrected chi connectivity index (χ1v) is 8.19. The van der Waals surface area contributed by atoms with Gasteiger partial charge < -0.3 is 4.90 Å². The summed E-state index contributed by atoms with van der Waals surface area (Å²) in [4.78, 5) is 14.8. The van der Waals surface area contributed by atoms with Gasteiger partial charge in [0, 0.05) is 6.04 Å². The summed E-state index contributed by atoms with van der Waals surface area (Å²) >= 11 is 0. The summed E-state index contributed by atoms with van der Waals surface area (Å²) in [5.41, 5.74) is 1.20. The Morgan fingerprint density at radius 2 is 1.62 bits per heavy atom. The molecule has 0 aromatic heterocycles. The fraction of sp³-hybridized carbons (Fsp3) is 0.611. The first kappa shape index (κ1) is 14.6. The highest BCUT2D eigenvalue weighted by Gasteiger charge is 2.42. The van der Waals surface area contributed by atoms with E-state index in [2.05, 4.69) is 48.3 Å². The lowest BCUT2D eigenvalue weighted by molar-refractivity contribution is -0.133. The van der Waals surface area contributed by atoms with Gasteiger partial charge in [-0.05, 0) is 43.6 Å². The van der Waals surface area contributed by atoms with Crippen LogP contribution in [0.15, 0.2) is 30.3 Å². The van der Waals surface area contributed by atoms with Gasteiger partial charge in [0.25, 0.3) is 0 Å². The highest BCUT2D eigenvalue weighted by atomic mass is 16.2. The maximum absolute atomic E-state index is 12.7. The molecule has 2 aliphatic rings. The quantitative estimate of drug-likeness (QED) is 0.904. The van der Waals surface area contributed by atoms with Crippen LogP contribution in [0, 0.1) is 11.8 Å². The van der Waals surface area contributed by atoms with Crippen molar-refractivity contribution in [3.8, 4) is 0 Å². The second-order valence-electron chi connectivity index (χ2n) is 7.02. The molecule has 3 heteroatoms. The summed E-state index contributed by atoms with van der Waals surface area (Å²) in [6, 6.07) is 10.7. The Balaban J connectivity index is 1.88. The van der Waals surface area contributed by atoms with Crippen LogP contribution in [0.3, 0.4) is 0 Å². The van der Waals surface area contributed by atoms with Crippen molar-refractivity contribution in [3.63, 3.8) is 0 Å². The number of hydrogen-bond acceptors (Lipinski definition) is 2. The van der Waals surface area contributed by atoms with Crippen LogP contribution < -0.4 is 5.32 Å². The maximum atomic E-state index is 12.7. The number of hydrogen-bond donors (Lipinski definition) is 1. The molecule has 0 spiro atoms. The smallest absolute Gasteiger partial charge is 0.241 e. The number of carbonyl (C=O) groups is 1. The predicted molar refractivity (Wildman–Crippen MR) is 84.6 cm³/mol. The third-order valence-corrected chi connectivity index (χ3v) is 4.97. The molecule has 1 aliphatic heterocycles. The molecule has 1 N–H and O–H groups in total. The second-order valence-corrected chi connectivity index (χ2v) is 7.02. The summed E-state index contributed by atoms with van der Waals surface area (Å²) in [5, 5.41) is 3.47. The van der Waals surface area contributed by atoms with Gasteiger partial charge in [-0.25, -0.2) is 0 Å². The molecule has 1 saturated heterocycles. The largest absolute Gasteiger partial charge is 0.319 e. The van der Waals surface area contributed by atoms with E-state index in [4.69, 9.17) is 0 Å². The standard InChI is InChI=1S/C18H26N2O/c1-12-9-13(2)11-16(10-12)20-17(19-14(3)18(20)21)15-7-5-4-6-8-15/h4-8,12-14,16-17,19H,9-11H2,1-3H3. The second kappa shape index (κ2) is 5.80. The predicted octanol–water partition coefficient (Wildman–Crippen LogP) is 3.33. The van der Waals surface area contributed by atoms with Crippen molar-refractivity contribution in [1.82, 2.24) is 10.2 Å². The van der Waals surface area contributed by atoms with Crippen molar-refractivity contribution in [1.29, 1.82) is 0 Å². The zero-order valence-corrected chi connectivity index (χ0v) is 13.3. The van der Waals surface area contributed by atoms with Crippen molar-refractivity contribution < 1.29 is 4.79 Å². The van der Waals surface area contributed by atoms with E-state index in [1.165, 1.54) is 12.0 Å². The van der Waals surface area contributed by atoms with Crippen molar-refractivity contribution >= 4 is 5.91 Å². The summed E-state index contributed by atoms with van der Waals surface area (Å²) < 4.78 is 0. The number of rotatable bonds is 2. The van der Waals surface area contributed by atoms with Gasteiger partial charge in [-0.1, -0.05) is 44.2 Å². The summed E-state index contributed by atoms with van der Waals surface area (Å²) in [7, 11) is 0. The molecule has 4 atom stereocenters. The molecule has 3 rings (SSSR count). The summed E-state index contributed by atoms with van der Waals surface area (Å²) in [6.07, 6.45) is 3.59. The van der Waals surface area contributed by atoms with Crippen molar-refractivity contribution in [2.75, 3.05) is 0 Å². The Bertz CT molecular complexity index is 491. The van der Waals surface area contributed by atoms with E-state index in [0.717, 1.165) is 12.8 Å². The minimum atomic E-state index is -0.0808. The van der Waals surface area contributed by atoms with Crippen molar-refractivity contribution in [2.24, 2.45) is 11.8 Å². The number of nitrogens with one attached hydrogen (secondary N) is 1. The van der Waals surface area contributed by atoms with E-state index in [9.17, 15) is 4.79 Å². The molecule has 114 valence electrons. The molecule has 0 radical (unpaired) electrons. The van der Waals surface area contributed by atoms with E-state index in [-0.39, 0.29) is 18.1 Å². The van der Waals surface area contributed by atoms with Crippen molar-refractivity contribution in [2.45, 2.75) is 58.3 Å². The summed E-state index contributed by atoms with van der Waals surface area (Å²) in [5.74, 6) is 1.67. The van der Waals surface area contributed by atoms with Gasteiger partial charge in [0.05, 0.1) is 6.04 Å². The Kier molecular flexibility index (Phi) is 4.03. The lowest BCUT2D eigenvalue weighted by Crippen LogP contribution is -2.44. The Labute approximate surface area is 127 Å². The van der Waals surface area contributed by atoms with E-state index in [1.807, 2.05) is 13.0 Å². The van der Waals surface area contributed by atoms with Gasteiger partial charge in [0.2, 0.25) is 5.91 Å². The minimum Gasteiger partial charge on any atom is -0.319 e. The highest BCUT2D eigenvalue weighted by molar-refractivity contribution is 5.84. The number of nitrogens with zero attached hydrogens (tertiary/aromatic N) is 1. The highest BCUT2D eigenvalue weighted by Crippen LogP contribution is 2.37. The molecular formula is C18H26N2O. The lowest BCUT2D eigenvalue weighted by atomic mass is 9.79. The molecule has 1 aromatic rings. The van der Waals surface area contributed by atoms with Crippen LogP contribution in [0.25, 0.3) is 0 Å². The Morgan fingerprint density at radius 3 is 2.24 bits per heavy atom. The third-order valence-electron chi connectivity index (χ3n) is 4.97. The van der Waals surface area contributed by atoms with Gasteiger partial charge >= 0.3 is 0 Å². The number of amides is 1. The SMILES string of the molecule is CC1CC(C)CC(N2C(=O)C(C)NC2c2ccccc2)C1. The van der Waals surface area contributed by atoms with Crippen molar-refractivity contribution in [3.05, 3.63) is 35.9 Å². The molecule has 1 aromatic carbocycles. The molecule has 4 unspecified atom stereocenters. The monoisotopic (exact) mass is 286 g/mol. The molecule has 1 amide bonds. The minimum absolute atomic E-state index is 0.0381. The van der Waals surface area contributed by atoms with Gasteiger partial charge in [0.1, 0.15) is 6.17 Å². The van der Waals surface area contributed by atoms with E-state index in [0.29, 0.717) is 17.9 Å². The average Bonchev–Trinajstić information content (AvgIpc) is 2.75.